The van der Waals surface area contributed by atoms with Gasteiger partial charge in [0, 0.05) is 27.7 Å². The summed E-state index contributed by atoms with van der Waals surface area (Å²) < 4.78 is 0. The highest BCUT2D eigenvalue weighted by molar-refractivity contribution is 6.35. The summed E-state index contributed by atoms with van der Waals surface area (Å²) >= 11 is 18.1. The Kier molecular flexibility index (Phi) is 8.81. The van der Waals surface area contributed by atoms with Gasteiger partial charge >= 0.3 is 0 Å². The number of carbonyl (C=O) groups excluding carboxylic acids is 2. The topological polar surface area (TPSA) is 49.4 Å². The molecule has 156 valence electrons. The Balaban J connectivity index is 2.25. The van der Waals surface area contributed by atoms with E-state index in [1.807, 2.05) is 26.0 Å². The largest absolute Gasteiger partial charge is 0.352 e. The quantitative estimate of drug-likeness (QED) is 0.569. The van der Waals surface area contributed by atoms with Gasteiger partial charge in [-0.2, -0.15) is 0 Å². The van der Waals surface area contributed by atoms with Crippen molar-refractivity contribution in [1.29, 1.82) is 0 Å². The molecule has 0 unspecified atom stereocenters. The number of rotatable bonds is 8. The second-order valence-corrected chi connectivity index (χ2v) is 8.33. The average Bonchev–Trinajstić information content (AvgIpc) is 2.68. The lowest BCUT2D eigenvalue weighted by Gasteiger charge is -2.30. The van der Waals surface area contributed by atoms with Crippen LogP contribution >= 0.6 is 34.8 Å². The van der Waals surface area contributed by atoms with E-state index in [4.69, 9.17) is 34.8 Å². The zero-order valence-electron chi connectivity index (χ0n) is 16.7. The monoisotopic (exact) mass is 454 g/mol. The molecule has 2 aromatic carbocycles. The Labute approximate surface area is 187 Å². The van der Waals surface area contributed by atoms with E-state index >= 15 is 0 Å². The first-order valence-electron chi connectivity index (χ1n) is 9.49. The lowest BCUT2D eigenvalue weighted by Crippen LogP contribution is -2.49. The molecule has 0 fully saturated rings. The fourth-order valence-corrected chi connectivity index (χ4v) is 3.37. The molecule has 4 nitrogen and oxygen atoms in total. The molecular weight excluding hydrogens is 431 g/mol. The maximum Gasteiger partial charge on any atom is 0.242 e. The lowest BCUT2D eigenvalue weighted by atomic mass is 10.1. The number of nitrogens with zero attached hydrogens (tertiary/aromatic N) is 1. The van der Waals surface area contributed by atoms with Crippen LogP contribution in [0.5, 0.6) is 0 Å². The summed E-state index contributed by atoms with van der Waals surface area (Å²) in [6.45, 7) is 5.95. The van der Waals surface area contributed by atoms with Gasteiger partial charge in [0.15, 0.2) is 0 Å². The van der Waals surface area contributed by atoms with Crippen LogP contribution in [0, 0.1) is 0 Å². The van der Waals surface area contributed by atoms with Crippen molar-refractivity contribution >= 4 is 46.6 Å². The molecule has 0 radical (unpaired) electrons. The van der Waals surface area contributed by atoms with Gasteiger partial charge in [-0.3, -0.25) is 9.59 Å². The smallest absolute Gasteiger partial charge is 0.242 e. The molecule has 0 bridgehead atoms. The summed E-state index contributed by atoms with van der Waals surface area (Å²) in [5, 5.41) is 4.49. The summed E-state index contributed by atoms with van der Waals surface area (Å²) in [5.74, 6) is -0.389. The third kappa shape index (κ3) is 6.91. The summed E-state index contributed by atoms with van der Waals surface area (Å²) in [5.41, 5.74) is 1.55. The highest BCUT2D eigenvalue weighted by atomic mass is 35.5. The second-order valence-electron chi connectivity index (χ2n) is 7.05. The fourth-order valence-electron chi connectivity index (χ4n) is 2.76. The predicted molar refractivity (Wildman–Crippen MR) is 120 cm³/mol. The summed E-state index contributed by atoms with van der Waals surface area (Å²) in [7, 11) is 0. The van der Waals surface area contributed by atoms with E-state index in [0.717, 1.165) is 12.0 Å². The molecule has 0 saturated carbocycles. The lowest BCUT2D eigenvalue weighted by molar-refractivity contribution is -0.140. The highest BCUT2D eigenvalue weighted by Crippen LogP contribution is 2.23. The number of hydrogen-bond acceptors (Lipinski definition) is 2. The first kappa shape index (κ1) is 23.5. The zero-order chi connectivity index (χ0) is 21.6. The van der Waals surface area contributed by atoms with Crippen LogP contribution in [0.3, 0.4) is 0 Å². The van der Waals surface area contributed by atoms with Crippen molar-refractivity contribution in [3.8, 4) is 0 Å². The number of nitrogens with one attached hydrogen (secondary N) is 1. The van der Waals surface area contributed by atoms with Gasteiger partial charge < -0.3 is 10.2 Å². The van der Waals surface area contributed by atoms with Gasteiger partial charge in [0.2, 0.25) is 11.8 Å². The van der Waals surface area contributed by atoms with Crippen molar-refractivity contribution in [3.63, 3.8) is 0 Å². The van der Waals surface area contributed by atoms with E-state index < -0.39 is 6.04 Å². The molecule has 0 saturated heterocycles. The number of carbonyl (C=O) groups is 2. The van der Waals surface area contributed by atoms with Crippen molar-refractivity contribution in [3.05, 3.63) is 68.7 Å². The maximum atomic E-state index is 13.2. The molecule has 7 heteroatoms. The first-order valence-corrected chi connectivity index (χ1v) is 10.6. The number of amides is 2. The molecule has 2 aromatic rings. The zero-order valence-corrected chi connectivity index (χ0v) is 19.0. The Morgan fingerprint density at radius 1 is 1.00 bits per heavy atom. The van der Waals surface area contributed by atoms with Crippen LogP contribution in [0.1, 0.15) is 38.3 Å². The number of hydrogen-bond donors (Lipinski definition) is 1. The van der Waals surface area contributed by atoms with Crippen LogP contribution in [0.2, 0.25) is 15.1 Å². The SMILES string of the molecule is CC[C@@H](C)NC(=O)[C@@H](C)N(Cc1ccc(Cl)cc1)C(=O)Cc1ccc(Cl)cc1Cl. The number of benzene rings is 2. The van der Waals surface area contributed by atoms with Gasteiger partial charge in [-0.05, 0) is 55.7 Å². The minimum absolute atomic E-state index is 0.0307. The molecule has 2 rings (SSSR count). The standard InChI is InChI=1S/C22H25Cl3N2O2/c1-4-14(2)26-22(29)15(3)27(13-16-5-8-18(23)9-6-16)21(28)11-17-7-10-19(24)12-20(17)25/h5-10,12,14-15H,4,11,13H2,1-3H3,(H,26,29)/t14-,15-/m1/s1. The predicted octanol–water partition coefficient (Wildman–Crippen LogP) is 5.52. The van der Waals surface area contributed by atoms with Gasteiger partial charge in [-0.15, -0.1) is 0 Å². The van der Waals surface area contributed by atoms with Crippen molar-refractivity contribution in [1.82, 2.24) is 10.2 Å². The normalized spacial score (nSPS) is 12.9. The molecule has 0 heterocycles. The van der Waals surface area contributed by atoms with Crippen LogP contribution in [0.15, 0.2) is 42.5 Å². The van der Waals surface area contributed by atoms with E-state index in [0.29, 0.717) is 20.6 Å². The average molecular weight is 456 g/mol. The molecule has 0 aliphatic rings. The summed E-state index contributed by atoms with van der Waals surface area (Å²) in [6, 6.07) is 11.6. The van der Waals surface area contributed by atoms with Gasteiger partial charge in [-0.1, -0.05) is 59.9 Å². The fraction of sp³-hybridized carbons (Fsp3) is 0.364. The third-order valence-corrected chi connectivity index (χ3v) is 5.63. The van der Waals surface area contributed by atoms with Crippen LogP contribution in [0.25, 0.3) is 0 Å². The van der Waals surface area contributed by atoms with Crippen molar-refractivity contribution in [2.24, 2.45) is 0 Å². The molecule has 0 spiro atoms. The third-order valence-electron chi connectivity index (χ3n) is 4.79. The van der Waals surface area contributed by atoms with E-state index in [1.165, 1.54) is 0 Å². The Hall–Kier alpha value is -1.75. The van der Waals surface area contributed by atoms with E-state index in [9.17, 15) is 9.59 Å². The van der Waals surface area contributed by atoms with Crippen LogP contribution in [-0.4, -0.2) is 28.8 Å². The van der Waals surface area contributed by atoms with E-state index in [-0.39, 0.29) is 30.8 Å². The number of halogens is 3. The van der Waals surface area contributed by atoms with E-state index in [2.05, 4.69) is 5.32 Å². The Morgan fingerprint density at radius 3 is 2.21 bits per heavy atom. The maximum absolute atomic E-state index is 13.2. The molecule has 0 aliphatic heterocycles. The van der Waals surface area contributed by atoms with Gasteiger partial charge in [0.25, 0.3) is 0 Å². The second kappa shape index (κ2) is 10.9. The van der Waals surface area contributed by atoms with Crippen molar-refractivity contribution in [2.45, 2.75) is 52.2 Å². The van der Waals surface area contributed by atoms with Crippen LogP contribution in [0.4, 0.5) is 0 Å². The van der Waals surface area contributed by atoms with Gasteiger partial charge in [0.05, 0.1) is 6.42 Å². The highest BCUT2D eigenvalue weighted by Gasteiger charge is 2.27. The van der Waals surface area contributed by atoms with Gasteiger partial charge in [0.1, 0.15) is 6.04 Å². The summed E-state index contributed by atoms with van der Waals surface area (Å²) in [4.78, 5) is 27.4. The van der Waals surface area contributed by atoms with Gasteiger partial charge in [-0.25, -0.2) is 0 Å². The Morgan fingerprint density at radius 2 is 1.62 bits per heavy atom. The first-order chi connectivity index (χ1) is 13.7. The molecule has 2 atom stereocenters. The van der Waals surface area contributed by atoms with Crippen LogP contribution < -0.4 is 5.32 Å². The molecular formula is C22H25Cl3N2O2. The molecule has 29 heavy (non-hydrogen) atoms. The Bertz CT molecular complexity index is 856. The minimum Gasteiger partial charge on any atom is -0.352 e. The van der Waals surface area contributed by atoms with E-state index in [1.54, 1.807) is 42.2 Å². The minimum atomic E-state index is -0.641. The molecule has 0 aliphatic carbocycles. The van der Waals surface area contributed by atoms with Crippen molar-refractivity contribution < 1.29 is 9.59 Å². The summed E-state index contributed by atoms with van der Waals surface area (Å²) in [6.07, 6.45) is 0.883. The van der Waals surface area contributed by atoms with Crippen molar-refractivity contribution in [2.75, 3.05) is 0 Å². The molecule has 1 N–H and O–H groups in total. The van der Waals surface area contributed by atoms with Crippen LogP contribution in [-0.2, 0) is 22.6 Å². The molecule has 0 aromatic heterocycles. The molecule has 2 amide bonds.